The van der Waals surface area contributed by atoms with Crippen LogP contribution in [-0.2, 0) is 6.54 Å². The molecular weight excluding hydrogens is 284 g/mol. The summed E-state index contributed by atoms with van der Waals surface area (Å²) in [7, 11) is 0. The second kappa shape index (κ2) is 6.88. The lowest BCUT2D eigenvalue weighted by Crippen LogP contribution is -1.96. The van der Waals surface area contributed by atoms with Crippen LogP contribution in [-0.4, -0.2) is 15.8 Å². The van der Waals surface area contributed by atoms with E-state index in [0.717, 1.165) is 28.0 Å². The fraction of sp³-hybridized carbons (Fsp3) is 0.100. The summed E-state index contributed by atoms with van der Waals surface area (Å²) >= 11 is 0. The molecule has 1 N–H and O–H groups in total. The molecule has 0 amide bonds. The molecule has 1 heterocycles. The van der Waals surface area contributed by atoms with Crippen LogP contribution >= 0.6 is 0 Å². The van der Waals surface area contributed by atoms with E-state index in [1.54, 1.807) is 18.3 Å². The van der Waals surface area contributed by atoms with Crippen LogP contribution in [0.2, 0.25) is 0 Å². The Balaban J connectivity index is 1.82. The van der Waals surface area contributed by atoms with Crippen molar-refractivity contribution >= 4 is 5.71 Å². The van der Waals surface area contributed by atoms with Crippen molar-refractivity contribution in [3.63, 3.8) is 0 Å². The Hall–Kier alpha value is -2.94. The molecule has 0 fully saturated rings. The van der Waals surface area contributed by atoms with E-state index in [0.29, 0.717) is 6.54 Å². The molecule has 3 aromatic rings. The van der Waals surface area contributed by atoms with Gasteiger partial charge in [-0.1, -0.05) is 36.4 Å². The summed E-state index contributed by atoms with van der Waals surface area (Å²) in [5.74, 6) is 0.277. The van der Waals surface area contributed by atoms with Gasteiger partial charge in [0.2, 0.25) is 0 Å². The lowest BCUT2D eigenvalue weighted by Gasteiger charge is -2.06. The van der Waals surface area contributed by atoms with E-state index >= 15 is 0 Å². The predicted molar refractivity (Wildman–Crippen MR) is 93.7 cm³/mol. The van der Waals surface area contributed by atoms with Crippen molar-refractivity contribution in [1.82, 2.24) is 4.98 Å². The number of aromatic nitrogens is 1. The summed E-state index contributed by atoms with van der Waals surface area (Å²) in [5.41, 5.74) is 5.37. The minimum Gasteiger partial charge on any atom is -0.508 e. The Bertz CT molecular complexity index is 809. The minimum absolute atomic E-state index is 0.277. The molecule has 3 rings (SSSR count). The van der Waals surface area contributed by atoms with Crippen LogP contribution in [0, 0.1) is 0 Å². The lowest BCUT2D eigenvalue weighted by molar-refractivity contribution is 0.475. The molecule has 0 bridgehead atoms. The van der Waals surface area contributed by atoms with Gasteiger partial charge in [-0.25, -0.2) is 0 Å². The maximum atomic E-state index is 9.40. The van der Waals surface area contributed by atoms with Crippen LogP contribution in [0.3, 0.4) is 0 Å². The topological polar surface area (TPSA) is 45.5 Å². The zero-order valence-corrected chi connectivity index (χ0v) is 13.0. The Kier molecular flexibility index (Phi) is 4.48. The lowest BCUT2D eigenvalue weighted by atomic mass is 10.0. The molecule has 0 saturated carbocycles. The summed E-state index contributed by atoms with van der Waals surface area (Å²) in [6.07, 6.45) is 3.60. The van der Waals surface area contributed by atoms with Crippen molar-refractivity contribution in [3.8, 4) is 16.9 Å². The monoisotopic (exact) mass is 302 g/mol. The number of benzene rings is 2. The van der Waals surface area contributed by atoms with Gasteiger partial charge in [-0.3, -0.25) is 9.98 Å². The third kappa shape index (κ3) is 3.83. The summed E-state index contributed by atoms with van der Waals surface area (Å²) in [5, 5.41) is 9.40. The highest BCUT2D eigenvalue weighted by molar-refractivity contribution is 5.99. The fourth-order valence-electron chi connectivity index (χ4n) is 2.37. The van der Waals surface area contributed by atoms with E-state index in [1.165, 1.54) is 0 Å². The second-order valence-corrected chi connectivity index (χ2v) is 5.39. The first-order valence-electron chi connectivity index (χ1n) is 7.52. The van der Waals surface area contributed by atoms with Gasteiger partial charge in [0.15, 0.2) is 0 Å². The number of phenolic OH excluding ortho intramolecular Hbond substituents is 1. The molecular formula is C20H18N2O. The number of rotatable bonds is 4. The van der Waals surface area contributed by atoms with Gasteiger partial charge in [-0.15, -0.1) is 0 Å². The standard InChI is InChI=1S/C20H18N2O/c1-15(22-14-16-4-3-11-21-13-16)18-5-2-6-19(12-18)17-7-9-20(23)10-8-17/h2-13,23H,14H2,1H3/b22-15-. The van der Waals surface area contributed by atoms with Crippen LogP contribution in [0.25, 0.3) is 11.1 Å². The van der Waals surface area contributed by atoms with E-state index in [9.17, 15) is 5.11 Å². The third-order valence-corrected chi connectivity index (χ3v) is 3.70. The van der Waals surface area contributed by atoms with Crippen molar-refractivity contribution in [1.29, 1.82) is 0 Å². The van der Waals surface area contributed by atoms with Gasteiger partial charge in [0.25, 0.3) is 0 Å². The first kappa shape index (κ1) is 15.0. The summed E-state index contributed by atoms with van der Waals surface area (Å²) in [4.78, 5) is 8.76. The van der Waals surface area contributed by atoms with Crippen molar-refractivity contribution in [2.45, 2.75) is 13.5 Å². The molecule has 0 atom stereocenters. The zero-order chi connectivity index (χ0) is 16.1. The van der Waals surface area contributed by atoms with Gasteiger partial charge in [-0.05, 0) is 53.4 Å². The first-order chi connectivity index (χ1) is 11.2. The Morgan fingerprint density at radius 1 is 1.00 bits per heavy atom. The van der Waals surface area contributed by atoms with Crippen LogP contribution in [0.5, 0.6) is 5.75 Å². The second-order valence-electron chi connectivity index (χ2n) is 5.39. The smallest absolute Gasteiger partial charge is 0.115 e. The van der Waals surface area contributed by atoms with Crippen molar-refractivity contribution in [3.05, 3.63) is 84.2 Å². The SMILES string of the molecule is C/C(=N/Cc1cccnc1)c1cccc(-c2ccc(O)cc2)c1. The van der Waals surface area contributed by atoms with E-state index in [2.05, 4.69) is 28.2 Å². The van der Waals surface area contributed by atoms with Crippen LogP contribution in [0.4, 0.5) is 0 Å². The summed E-state index contributed by atoms with van der Waals surface area (Å²) < 4.78 is 0. The number of hydrogen-bond donors (Lipinski definition) is 1. The largest absolute Gasteiger partial charge is 0.508 e. The molecule has 0 aliphatic heterocycles. The molecule has 0 saturated heterocycles. The molecule has 1 aromatic heterocycles. The molecule has 23 heavy (non-hydrogen) atoms. The highest BCUT2D eigenvalue weighted by Crippen LogP contribution is 2.23. The summed E-state index contributed by atoms with van der Waals surface area (Å²) in [6.45, 7) is 2.65. The minimum atomic E-state index is 0.277. The molecule has 3 heteroatoms. The molecule has 3 nitrogen and oxygen atoms in total. The van der Waals surface area contributed by atoms with Crippen LogP contribution in [0.1, 0.15) is 18.1 Å². The number of aliphatic imine (C=N–C) groups is 1. The normalized spacial score (nSPS) is 11.4. The predicted octanol–water partition coefficient (Wildman–Crippen LogP) is 4.46. The average Bonchev–Trinajstić information content (AvgIpc) is 2.61. The Morgan fingerprint density at radius 2 is 1.83 bits per heavy atom. The molecule has 0 aliphatic rings. The van der Waals surface area contributed by atoms with Gasteiger partial charge in [0.1, 0.15) is 5.75 Å². The highest BCUT2D eigenvalue weighted by atomic mass is 16.3. The zero-order valence-electron chi connectivity index (χ0n) is 13.0. The first-order valence-corrected chi connectivity index (χ1v) is 7.52. The van der Waals surface area contributed by atoms with E-state index in [4.69, 9.17) is 0 Å². The Labute approximate surface area is 136 Å². The summed E-state index contributed by atoms with van der Waals surface area (Å²) in [6, 6.07) is 19.4. The number of phenols is 1. The fourth-order valence-corrected chi connectivity index (χ4v) is 2.37. The molecule has 0 spiro atoms. The van der Waals surface area contributed by atoms with Gasteiger partial charge in [0.05, 0.1) is 6.54 Å². The van der Waals surface area contributed by atoms with E-state index in [-0.39, 0.29) is 5.75 Å². The number of hydrogen-bond acceptors (Lipinski definition) is 3. The van der Waals surface area contributed by atoms with Crippen molar-refractivity contribution < 1.29 is 5.11 Å². The van der Waals surface area contributed by atoms with Gasteiger partial charge >= 0.3 is 0 Å². The van der Waals surface area contributed by atoms with Crippen molar-refractivity contribution in [2.75, 3.05) is 0 Å². The maximum absolute atomic E-state index is 9.40. The van der Waals surface area contributed by atoms with Gasteiger partial charge in [0, 0.05) is 18.1 Å². The van der Waals surface area contributed by atoms with Gasteiger partial charge in [-0.2, -0.15) is 0 Å². The number of nitrogens with zero attached hydrogens (tertiary/aromatic N) is 2. The molecule has 0 aliphatic carbocycles. The highest BCUT2D eigenvalue weighted by Gasteiger charge is 2.02. The maximum Gasteiger partial charge on any atom is 0.115 e. The van der Waals surface area contributed by atoms with E-state index < -0.39 is 0 Å². The van der Waals surface area contributed by atoms with Crippen LogP contribution < -0.4 is 0 Å². The quantitative estimate of drug-likeness (QED) is 0.723. The number of pyridine rings is 1. The molecule has 2 aromatic carbocycles. The average molecular weight is 302 g/mol. The Morgan fingerprint density at radius 3 is 2.57 bits per heavy atom. The number of aromatic hydroxyl groups is 1. The van der Waals surface area contributed by atoms with Crippen LogP contribution in [0.15, 0.2) is 78.0 Å². The molecule has 0 unspecified atom stereocenters. The van der Waals surface area contributed by atoms with Gasteiger partial charge < -0.3 is 5.11 Å². The molecule has 114 valence electrons. The van der Waals surface area contributed by atoms with E-state index in [1.807, 2.05) is 43.5 Å². The molecule has 0 radical (unpaired) electrons. The third-order valence-electron chi connectivity index (χ3n) is 3.70. The van der Waals surface area contributed by atoms with Crippen molar-refractivity contribution in [2.24, 2.45) is 4.99 Å².